The number of aromatic nitrogens is 3. The average molecular weight is 547 g/mol. The van der Waals surface area contributed by atoms with Crippen LogP contribution in [0.25, 0.3) is 11.3 Å². The van der Waals surface area contributed by atoms with Gasteiger partial charge in [-0.25, -0.2) is 22.8 Å². The van der Waals surface area contributed by atoms with Crippen LogP contribution in [-0.2, 0) is 27.5 Å². The molecule has 1 aromatic carbocycles. The Morgan fingerprint density at radius 1 is 1.11 bits per heavy atom. The molecule has 4 heterocycles. The van der Waals surface area contributed by atoms with Crippen molar-refractivity contribution in [3.05, 3.63) is 71.7 Å². The zero-order valence-electron chi connectivity index (χ0n) is 19.4. The number of carbonyl (C=O) groups excluding carboxylic acids is 1. The molecule has 0 radical (unpaired) electrons. The molecule has 1 aliphatic carbocycles. The van der Waals surface area contributed by atoms with Crippen molar-refractivity contribution in [2.45, 2.75) is 42.5 Å². The van der Waals surface area contributed by atoms with Crippen molar-refractivity contribution < 1.29 is 30.8 Å². The lowest BCUT2D eigenvalue weighted by molar-refractivity contribution is -0.145. The first-order chi connectivity index (χ1) is 18.0. The molecule has 9 nitrogen and oxygen atoms in total. The highest BCUT2D eigenvalue weighted by atomic mass is 32.2. The third-order valence-corrected chi connectivity index (χ3v) is 8.60. The molecule has 6 rings (SSSR count). The van der Waals surface area contributed by atoms with Crippen LogP contribution in [0.1, 0.15) is 29.8 Å². The van der Waals surface area contributed by atoms with Gasteiger partial charge in [-0.2, -0.15) is 22.7 Å². The molecule has 1 amide bonds. The topological polar surface area (TPSA) is 129 Å². The largest absolute Gasteiger partial charge is 0.451 e. The molecule has 1 unspecified atom stereocenters. The minimum atomic E-state index is -4.70. The molecule has 3 fully saturated rings. The highest BCUT2D eigenvalue weighted by molar-refractivity contribution is 7.89. The second-order valence-electron chi connectivity index (χ2n) is 8.97. The van der Waals surface area contributed by atoms with Gasteiger partial charge in [-0.3, -0.25) is 9.78 Å². The molecule has 0 spiro atoms. The Bertz CT molecular complexity index is 1530. The second-order valence-corrected chi connectivity index (χ2v) is 10.8. The number of nitrogens with one attached hydrogen (secondary N) is 1. The Morgan fingerprint density at radius 3 is 2.37 bits per heavy atom. The number of alkyl halides is 3. The number of benzene rings is 1. The second kappa shape index (κ2) is 9.41. The van der Waals surface area contributed by atoms with E-state index in [1.165, 1.54) is 16.6 Å². The molecular weight excluding hydrogens is 528 g/mol. The molecule has 14 heteroatoms. The van der Waals surface area contributed by atoms with Gasteiger partial charge in [-0.15, -0.1) is 0 Å². The number of nitriles is 1. The van der Waals surface area contributed by atoms with E-state index in [1.54, 1.807) is 0 Å². The summed E-state index contributed by atoms with van der Waals surface area (Å²) in [5.41, 5.74) is 0.797. The third kappa shape index (κ3) is 4.59. The van der Waals surface area contributed by atoms with Crippen molar-refractivity contribution in [3.63, 3.8) is 0 Å². The summed E-state index contributed by atoms with van der Waals surface area (Å²) in [6.45, 7) is -0.156. The summed E-state index contributed by atoms with van der Waals surface area (Å²) in [6.07, 6.45) is -0.533. The maximum atomic E-state index is 13.3. The molecule has 2 aliphatic heterocycles. The van der Waals surface area contributed by atoms with Crippen LogP contribution >= 0.6 is 0 Å². The van der Waals surface area contributed by atoms with Crippen molar-refractivity contribution in [2.75, 3.05) is 0 Å². The highest BCUT2D eigenvalue weighted by Gasteiger charge is 2.58. The summed E-state index contributed by atoms with van der Waals surface area (Å²) in [7, 11) is -4.06. The lowest BCUT2D eigenvalue weighted by Crippen LogP contribution is -2.46. The van der Waals surface area contributed by atoms with Crippen LogP contribution < -0.4 is 5.32 Å². The summed E-state index contributed by atoms with van der Waals surface area (Å²) in [5.74, 6) is -2.63. The monoisotopic (exact) mass is 546 g/mol. The van der Waals surface area contributed by atoms with Gasteiger partial charge in [-0.05, 0) is 54.7 Å². The van der Waals surface area contributed by atoms with Gasteiger partial charge < -0.3 is 5.32 Å². The predicted molar refractivity (Wildman–Crippen MR) is 123 cm³/mol. The fraction of sp³-hybridized carbons (Fsp3) is 0.292. The van der Waals surface area contributed by atoms with Crippen LogP contribution in [0.4, 0.5) is 17.6 Å². The van der Waals surface area contributed by atoms with Crippen molar-refractivity contribution >= 4 is 15.9 Å². The summed E-state index contributed by atoms with van der Waals surface area (Å²) in [6, 6.07) is 6.43. The van der Waals surface area contributed by atoms with E-state index < -0.39 is 39.8 Å². The average Bonchev–Trinajstić information content (AvgIpc) is 3.45. The first kappa shape index (κ1) is 25.7. The standard InChI is InChI=1S/C24H18F4N6O3S/c25-17-1-3-19(4-2-17)38(36,37)34-18-5-13(6-18)21(34)22(35)31-9-14-7-20(30-10-15(14)8-29)16-11-32-23(33-12-16)24(26,27)28/h1-4,7,10-13,18,21H,5-6,9H2,(H,31,35). The maximum Gasteiger partial charge on any atom is 0.451 e. The molecule has 38 heavy (non-hydrogen) atoms. The Morgan fingerprint density at radius 2 is 1.76 bits per heavy atom. The van der Waals surface area contributed by atoms with E-state index in [0.717, 1.165) is 36.7 Å². The molecule has 1 saturated carbocycles. The van der Waals surface area contributed by atoms with E-state index in [4.69, 9.17) is 0 Å². The van der Waals surface area contributed by atoms with Crippen molar-refractivity contribution in [1.29, 1.82) is 5.26 Å². The third-order valence-electron chi connectivity index (χ3n) is 6.65. The molecule has 3 aromatic rings. The quantitative estimate of drug-likeness (QED) is 0.471. The van der Waals surface area contributed by atoms with Crippen molar-refractivity contribution in [2.24, 2.45) is 5.92 Å². The summed E-state index contributed by atoms with van der Waals surface area (Å²) >= 11 is 0. The normalized spacial score (nSPS) is 21.0. The highest BCUT2D eigenvalue weighted by Crippen LogP contribution is 2.48. The predicted octanol–water partition coefficient (Wildman–Crippen LogP) is 3.04. The van der Waals surface area contributed by atoms with Crippen molar-refractivity contribution in [1.82, 2.24) is 24.6 Å². The lowest BCUT2D eigenvalue weighted by atomic mass is 9.83. The van der Waals surface area contributed by atoms with E-state index in [0.29, 0.717) is 18.4 Å². The van der Waals surface area contributed by atoms with E-state index >= 15 is 0 Å². The van der Waals surface area contributed by atoms with Crippen LogP contribution in [0.15, 0.2) is 53.8 Å². The Labute approximate surface area is 214 Å². The first-order valence-electron chi connectivity index (χ1n) is 11.3. The number of nitrogens with zero attached hydrogens (tertiary/aromatic N) is 5. The van der Waals surface area contributed by atoms with Crippen molar-refractivity contribution in [3.8, 4) is 17.3 Å². The smallest absolute Gasteiger partial charge is 0.351 e. The minimum Gasteiger partial charge on any atom is -0.351 e. The van der Waals surface area contributed by atoms with Gasteiger partial charge in [0, 0.05) is 36.7 Å². The molecule has 1 N–H and O–H groups in total. The number of halogens is 4. The lowest BCUT2D eigenvalue weighted by Gasteiger charge is -2.25. The molecule has 196 valence electrons. The van der Waals surface area contributed by atoms with Gasteiger partial charge in [0.05, 0.1) is 16.2 Å². The Balaban J connectivity index is 1.35. The van der Waals surface area contributed by atoms with E-state index in [2.05, 4.69) is 20.3 Å². The van der Waals surface area contributed by atoms with Gasteiger partial charge in [0.15, 0.2) is 0 Å². The molecule has 2 saturated heterocycles. The van der Waals surface area contributed by atoms with Crippen LogP contribution in [0.5, 0.6) is 0 Å². The van der Waals surface area contributed by atoms with Crippen LogP contribution in [-0.4, -0.2) is 45.7 Å². The van der Waals surface area contributed by atoms with E-state index in [-0.39, 0.29) is 40.2 Å². The van der Waals surface area contributed by atoms with E-state index in [1.807, 2.05) is 6.07 Å². The first-order valence-corrected chi connectivity index (χ1v) is 12.8. The molecule has 3 aliphatic rings. The summed E-state index contributed by atoms with van der Waals surface area (Å²) in [5, 5.41) is 12.1. The summed E-state index contributed by atoms with van der Waals surface area (Å²) in [4.78, 5) is 23.7. The Hall–Kier alpha value is -3.96. The van der Waals surface area contributed by atoms with Crippen LogP contribution in [0.2, 0.25) is 0 Å². The zero-order valence-corrected chi connectivity index (χ0v) is 20.2. The fourth-order valence-corrected chi connectivity index (χ4v) is 6.58. The maximum absolute atomic E-state index is 13.3. The number of carbonyl (C=O) groups is 1. The molecule has 1 atom stereocenters. The number of sulfonamides is 1. The van der Waals surface area contributed by atoms with Gasteiger partial charge in [0.2, 0.25) is 21.8 Å². The molecule has 2 aromatic heterocycles. The van der Waals surface area contributed by atoms with Crippen LogP contribution in [0, 0.1) is 23.1 Å². The number of hydrogen-bond acceptors (Lipinski definition) is 7. The van der Waals surface area contributed by atoms with Gasteiger partial charge in [-0.1, -0.05) is 0 Å². The van der Waals surface area contributed by atoms with Gasteiger partial charge >= 0.3 is 6.18 Å². The summed E-state index contributed by atoms with van der Waals surface area (Å²) < 4.78 is 79.3. The SMILES string of the molecule is N#Cc1cnc(-c2cnc(C(F)(F)F)nc2)cc1CNC(=O)C1C2CC(C2)N1S(=O)(=O)c1ccc(F)cc1. The number of hydrogen-bond donors (Lipinski definition) is 1. The van der Waals surface area contributed by atoms with Gasteiger partial charge in [0.25, 0.3) is 0 Å². The number of fused-ring (bicyclic) bond motifs is 1. The minimum absolute atomic E-state index is 0.117. The molecule has 2 bridgehead atoms. The number of amides is 1. The van der Waals surface area contributed by atoms with Gasteiger partial charge in [0.1, 0.15) is 17.9 Å². The fourth-order valence-electron chi connectivity index (χ4n) is 4.73. The number of pyridine rings is 1. The number of rotatable bonds is 6. The zero-order chi connectivity index (χ0) is 27.2. The molecular formula is C24H18F4N6O3S. The van der Waals surface area contributed by atoms with Crippen LogP contribution in [0.3, 0.4) is 0 Å². The Kier molecular flexibility index (Phi) is 6.36. The van der Waals surface area contributed by atoms with E-state index in [9.17, 15) is 36.0 Å².